The lowest BCUT2D eigenvalue weighted by atomic mass is 9.99. The van der Waals surface area contributed by atoms with Gasteiger partial charge in [0.2, 0.25) is 0 Å². The van der Waals surface area contributed by atoms with E-state index in [0.29, 0.717) is 25.0 Å². The molecular weight excluding hydrogens is 382 g/mol. The molecule has 0 bridgehead atoms. The summed E-state index contributed by atoms with van der Waals surface area (Å²) in [7, 11) is 0. The lowest BCUT2D eigenvalue weighted by Gasteiger charge is -2.48. The molecule has 2 aromatic carbocycles. The largest absolute Gasteiger partial charge is 0.457 e. The molecule has 30 heavy (non-hydrogen) atoms. The molecular formula is C23H27N3O4. The summed E-state index contributed by atoms with van der Waals surface area (Å²) in [4.78, 5) is 16.9. The van der Waals surface area contributed by atoms with E-state index in [1.54, 1.807) is 0 Å². The molecule has 0 aliphatic carbocycles. The fourth-order valence-corrected chi connectivity index (χ4v) is 4.33. The minimum absolute atomic E-state index is 0.0703. The molecule has 0 radical (unpaired) electrons. The first-order chi connectivity index (χ1) is 14.7. The summed E-state index contributed by atoms with van der Waals surface area (Å²) in [6, 6.07) is 17.4. The van der Waals surface area contributed by atoms with Gasteiger partial charge in [-0.3, -0.25) is 4.90 Å². The van der Waals surface area contributed by atoms with Crippen LogP contribution in [0.3, 0.4) is 0 Å². The number of nitrogens with zero attached hydrogens (tertiary/aromatic N) is 2. The number of anilines is 1. The molecule has 1 spiro atoms. The monoisotopic (exact) mass is 409 g/mol. The number of carbonyl (C=O) groups is 1. The van der Waals surface area contributed by atoms with Crippen LogP contribution in [0.25, 0.3) is 0 Å². The molecule has 1 N–H and O–H groups in total. The smallest absolute Gasteiger partial charge is 0.321 e. The second kappa shape index (κ2) is 8.26. The Morgan fingerprint density at radius 2 is 1.67 bits per heavy atom. The highest BCUT2D eigenvalue weighted by atomic mass is 16.7. The molecule has 0 unspecified atom stereocenters. The summed E-state index contributed by atoms with van der Waals surface area (Å²) in [5.41, 5.74) is 0.729. The van der Waals surface area contributed by atoms with Crippen LogP contribution in [0, 0.1) is 0 Å². The standard InChI is InChI=1S/C23H27N3O4/c27-22(24-18-5-4-8-21(15-18)30-20-6-2-1-3-7-20)26-16-19(17-26)25-11-9-23(10-12-25)28-13-14-29-23/h1-8,15,19H,9-14,16-17H2,(H,24,27). The number of para-hydroxylation sites is 1. The van der Waals surface area contributed by atoms with Crippen LogP contribution in [-0.4, -0.2) is 67.1 Å². The van der Waals surface area contributed by atoms with Crippen LogP contribution in [0.5, 0.6) is 11.5 Å². The molecule has 3 fully saturated rings. The number of carbonyl (C=O) groups excluding carboxylic acids is 1. The molecule has 5 rings (SSSR count). The van der Waals surface area contributed by atoms with Gasteiger partial charge >= 0.3 is 6.03 Å². The van der Waals surface area contributed by atoms with Crippen LogP contribution >= 0.6 is 0 Å². The Kier molecular flexibility index (Phi) is 5.33. The van der Waals surface area contributed by atoms with Gasteiger partial charge in [-0.05, 0) is 24.3 Å². The molecule has 158 valence electrons. The fourth-order valence-electron chi connectivity index (χ4n) is 4.33. The third kappa shape index (κ3) is 4.14. The zero-order valence-corrected chi connectivity index (χ0v) is 17.0. The maximum Gasteiger partial charge on any atom is 0.321 e. The Hall–Kier alpha value is -2.61. The minimum Gasteiger partial charge on any atom is -0.457 e. The first-order valence-corrected chi connectivity index (χ1v) is 10.6. The van der Waals surface area contributed by atoms with Crippen LogP contribution in [-0.2, 0) is 9.47 Å². The van der Waals surface area contributed by atoms with Crippen molar-refractivity contribution in [1.82, 2.24) is 9.80 Å². The van der Waals surface area contributed by atoms with Gasteiger partial charge in [-0.2, -0.15) is 0 Å². The quantitative estimate of drug-likeness (QED) is 0.837. The number of urea groups is 1. The van der Waals surface area contributed by atoms with Gasteiger partial charge in [0.05, 0.1) is 13.2 Å². The van der Waals surface area contributed by atoms with Crippen molar-refractivity contribution in [3.63, 3.8) is 0 Å². The number of nitrogens with one attached hydrogen (secondary N) is 1. The molecule has 0 aromatic heterocycles. The van der Waals surface area contributed by atoms with Crippen molar-refractivity contribution in [2.45, 2.75) is 24.7 Å². The van der Waals surface area contributed by atoms with Crippen molar-refractivity contribution < 1.29 is 19.0 Å². The van der Waals surface area contributed by atoms with E-state index in [2.05, 4.69) is 10.2 Å². The SMILES string of the molecule is O=C(Nc1cccc(Oc2ccccc2)c1)N1CC(N2CCC3(CC2)OCCO3)C1. The van der Waals surface area contributed by atoms with Crippen LogP contribution in [0.15, 0.2) is 54.6 Å². The number of amides is 2. The van der Waals surface area contributed by atoms with Crippen molar-refractivity contribution in [3.05, 3.63) is 54.6 Å². The zero-order chi connectivity index (χ0) is 20.4. The number of likely N-dealkylation sites (tertiary alicyclic amines) is 2. The van der Waals surface area contributed by atoms with Crippen LogP contribution in [0.4, 0.5) is 10.5 Å². The highest BCUT2D eigenvalue weighted by molar-refractivity contribution is 5.90. The average molecular weight is 409 g/mol. The van der Waals surface area contributed by atoms with E-state index in [0.717, 1.165) is 50.5 Å². The summed E-state index contributed by atoms with van der Waals surface area (Å²) in [5, 5.41) is 2.98. The van der Waals surface area contributed by atoms with Crippen LogP contribution in [0.2, 0.25) is 0 Å². The van der Waals surface area contributed by atoms with Gasteiger partial charge in [-0.1, -0.05) is 24.3 Å². The number of benzene rings is 2. The number of hydrogen-bond acceptors (Lipinski definition) is 5. The van der Waals surface area contributed by atoms with Crippen molar-refractivity contribution in [3.8, 4) is 11.5 Å². The van der Waals surface area contributed by atoms with Gasteiger partial charge in [-0.25, -0.2) is 4.79 Å². The van der Waals surface area contributed by atoms with Gasteiger partial charge < -0.3 is 24.4 Å². The molecule has 3 heterocycles. The molecule has 2 amide bonds. The molecule has 3 saturated heterocycles. The Morgan fingerprint density at radius 1 is 0.967 bits per heavy atom. The van der Waals surface area contributed by atoms with Crippen molar-refractivity contribution >= 4 is 11.7 Å². The summed E-state index contributed by atoms with van der Waals surface area (Å²) in [5.74, 6) is 1.12. The van der Waals surface area contributed by atoms with Gasteiger partial charge in [0.1, 0.15) is 11.5 Å². The van der Waals surface area contributed by atoms with E-state index >= 15 is 0 Å². The molecule has 7 nitrogen and oxygen atoms in total. The molecule has 2 aromatic rings. The van der Waals surface area contributed by atoms with Crippen molar-refractivity contribution in [2.75, 3.05) is 44.7 Å². The summed E-state index contributed by atoms with van der Waals surface area (Å²) in [6.45, 7) is 4.82. The normalized spacial score (nSPS) is 21.4. The molecule has 0 atom stereocenters. The van der Waals surface area contributed by atoms with E-state index in [9.17, 15) is 4.79 Å². The molecule has 0 saturated carbocycles. The van der Waals surface area contributed by atoms with E-state index in [-0.39, 0.29) is 11.8 Å². The number of ether oxygens (including phenoxy) is 3. The van der Waals surface area contributed by atoms with Gasteiger partial charge in [0.15, 0.2) is 5.79 Å². The average Bonchev–Trinajstić information content (AvgIpc) is 3.17. The van der Waals surface area contributed by atoms with Gasteiger partial charge in [-0.15, -0.1) is 0 Å². The fraction of sp³-hybridized carbons (Fsp3) is 0.435. The predicted molar refractivity (Wildman–Crippen MR) is 113 cm³/mol. The lowest BCUT2D eigenvalue weighted by molar-refractivity contribution is -0.190. The van der Waals surface area contributed by atoms with E-state index < -0.39 is 0 Å². The first kappa shape index (κ1) is 19.4. The third-order valence-corrected chi connectivity index (χ3v) is 6.10. The van der Waals surface area contributed by atoms with Crippen molar-refractivity contribution in [2.24, 2.45) is 0 Å². The molecule has 3 aliphatic heterocycles. The van der Waals surface area contributed by atoms with Crippen LogP contribution in [0.1, 0.15) is 12.8 Å². The summed E-state index contributed by atoms with van der Waals surface area (Å²) in [6.07, 6.45) is 1.81. The van der Waals surface area contributed by atoms with Gasteiger partial charge in [0, 0.05) is 56.8 Å². The summed E-state index contributed by atoms with van der Waals surface area (Å²) < 4.78 is 17.4. The Morgan fingerprint density at radius 3 is 2.40 bits per heavy atom. The topological polar surface area (TPSA) is 63.3 Å². The predicted octanol–water partition coefficient (Wildman–Crippen LogP) is 3.53. The highest BCUT2D eigenvalue weighted by Crippen LogP contribution is 2.33. The second-order valence-electron chi connectivity index (χ2n) is 8.08. The third-order valence-electron chi connectivity index (χ3n) is 6.10. The number of rotatable bonds is 4. The van der Waals surface area contributed by atoms with Gasteiger partial charge in [0.25, 0.3) is 0 Å². The summed E-state index contributed by atoms with van der Waals surface area (Å²) >= 11 is 0. The molecule has 3 aliphatic rings. The molecule has 7 heteroatoms. The Balaban J connectivity index is 1.10. The van der Waals surface area contributed by atoms with E-state index in [1.165, 1.54) is 0 Å². The van der Waals surface area contributed by atoms with Crippen molar-refractivity contribution in [1.29, 1.82) is 0 Å². The first-order valence-electron chi connectivity index (χ1n) is 10.6. The second-order valence-corrected chi connectivity index (χ2v) is 8.08. The zero-order valence-electron chi connectivity index (χ0n) is 17.0. The number of piperidine rings is 1. The maximum absolute atomic E-state index is 12.6. The van der Waals surface area contributed by atoms with E-state index in [4.69, 9.17) is 14.2 Å². The van der Waals surface area contributed by atoms with Crippen LogP contribution < -0.4 is 10.1 Å². The Labute approximate surface area is 176 Å². The maximum atomic E-state index is 12.6. The number of hydrogen-bond donors (Lipinski definition) is 1. The highest BCUT2D eigenvalue weighted by Gasteiger charge is 2.43. The Bertz CT molecular complexity index is 869. The minimum atomic E-state index is -0.343. The lowest BCUT2D eigenvalue weighted by Crippen LogP contribution is -2.64. The van der Waals surface area contributed by atoms with E-state index in [1.807, 2.05) is 59.5 Å².